The maximum atomic E-state index is 9.30. The molecular formula is C9H9NOS. The zero-order valence-corrected chi connectivity index (χ0v) is 7.56. The number of hydrogen-bond donors (Lipinski definition) is 1. The molecule has 0 amide bonds. The van der Waals surface area contributed by atoms with Gasteiger partial charge < -0.3 is 5.11 Å². The van der Waals surface area contributed by atoms with Gasteiger partial charge in [-0.1, -0.05) is 0 Å². The predicted octanol–water partition coefficient (Wildman–Crippen LogP) is 2.18. The van der Waals surface area contributed by atoms with Crippen molar-refractivity contribution in [1.82, 2.24) is 0 Å². The minimum absolute atomic E-state index is 0.203. The molecule has 1 aromatic rings. The standard InChI is InChI=1S/C9H9NOS/c1-12-8-2-3-9(11)7(6-8)4-5-10/h2-3,6,11H,4H2,1H3. The van der Waals surface area contributed by atoms with Crippen molar-refractivity contribution in [3.8, 4) is 11.8 Å². The highest BCUT2D eigenvalue weighted by atomic mass is 32.2. The average molecular weight is 179 g/mol. The molecule has 0 aliphatic rings. The molecule has 0 radical (unpaired) electrons. The van der Waals surface area contributed by atoms with E-state index in [0.29, 0.717) is 5.56 Å². The Morgan fingerprint density at radius 2 is 2.33 bits per heavy atom. The molecule has 62 valence electrons. The zero-order valence-electron chi connectivity index (χ0n) is 6.74. The minimum Gasteiger partial charge on any atom is -0.508 e. The van der Waals surface area contributed by atoms with E-state index in [4.69, 9.17) is 5.26 Å². The first-order valence-electron chi connectivity index (χ1n) is 3.50. The van der Waals surface area contributed by atoms with Crippen LogP contribution in [-0.2, 0) is 6.42 Å². The Labute approximate surface area is 75.8 Å². The summed E-state index contributed by atoms with van der Waals surface area (Å²) in [5, 5.41) is 17.7. The van der Waals surface area contributed by atoms with E-state index in [-0.39, 0.29) is 12.2 Å². The third-order valence-corrected chi connectivity index (χ3v) is 2.28. The molecule has 0 spiro atoms. The molecule has 0 aliphatic carbocycles. The van der Waals surface area contributed by atoms with Gasteiger partial charge in [0.1, 0.15) is 5.75 Å². The molecule has 0 aromatic heterocycles. The Bertz CT molecular complexity index is 317. The van der Waals surface area contributed by atoms with Crippen LogP contribution in [-0.4, -0.2) is 11.4 Å². The monoisotopic (exact) mass is 179 g/mol. The maximum absolute atomic E-state index is 9.30. The molecule has 12 heavy (non-hydrogen) atoms. The van der Waals surface area contributed by atoms with Crippen molar-refractivity contribution in [3.05, 3.63) is 23.8 Å². The van der Waals surface area contributed by atoms with E-state index in [9.17, 15) is 5.11 Å². The smallest absolute Gasteiger partial charge is 0.119 e. The Kier molecular flexibility index (Phi) is 3.01. The van der Waals surface area contributed by atoms with Crippen LogP contribution in [0.5, 0.6) is 5.75 Å². The summed E-state index contributed by atoms with van der Waals surface area (Å²) in [5.74, 6) is 0.203. The summed E-state index contributed by atoms with van der Waals surface area (Å²) in [6.45, 7) is 0. The van der Waals surface area contributed by atoms with E-state index in [1.807, 2.05) is 24.5 Å². The van der Waals surface area contributed by atoms with Crippen LogP contribution in [0.1, 0.15) is 5.56 Å². The summed E-state index contributed by atoms with van der Waals surface area (Å²) < 4.78 is 0. The van der Waals surface area contributed by atoms with Crippen LogP contribution in [0.15, 0.2) is 23.1 Å². The van der Waals surface area contributed by atoms with Gasteiger partial charge in [0.25, 0.3) is 0 Å². The van der Waals surface area contributed by atoms with E-state index in [1.54, 1.807) is 17.8 Å². The highest BCUT2D eigenvalue weighted by Gasteiger charge is 2.00. The first-order chi connectivity index (χ1) is 5.77. The third kappa shape index (κ3) is 1.93. The number of phenols is 1. The Morgan fingerprint density at radius 3 is 2.92 bits per heavy atom. The fourth-order valence-corrected chi connectivity index (χ4v) is 1.38. The molecule has 0 saturated carbocycles. The molecule has 3 heteroatoms. The number of phenolic OH excluding ortho intramolecular Hbond substituents is 1. The van der Waals surface area contributed by atoms with E-state index in [2.05, 4.69) is 0 Å². The lowest BCUT2D eigenvalue weighted by Gasteiger charge is -2.01. The lowest BCUT2D eigenvalue weighted by atomic mass is 10.1. The van der Waals surface area contributed by atoms with Crippen LogP contribution < -0.4 is 0 Å². The molecule has 1 rings (SSSR count). The Morgan fingerprint density at radius 1 is 1.58 bits per heavy atom. The second kappa shape index (κ2) is 4.03. The fraction of sp³-hybridized carbons (Fsp3) is 0.222. The van der Waals surface area contributed by atoms with Crippen molar-refractivity contribution in [2.45, 2.75) is 11.3 Å². The lowest BCUT2D eigenvalue weighted by Crippen LogP contribution is -1.83. The van der Waals surface area contributed by atoms with Crippen LogP contribution in [0.25, 0.3) is 0 Å². The molecule has 0 unspecified atom stereocenters. The molecule has 1 aromatic carbocycles. The minimum atomic E-state index is 0.203. The zero-order chi connectivity index (χ0) is 8.97. The first kappa shape index (κ1) is 8.95. The summed E-state index contributed by atoms with van der Waals surface area (Å²) in [6, 6.07) is 7.30. The normalized spacial score (nSPS) is 9.33. The second-order valence-electron chi connectivity index (χ2n) is 2.33. The van der Waals surface area contributed by atoms with Gasteiger partial charge in [-0.2, -0.15) is 5.26 Å². The van der Waals surface area contributed by atoms with Crippen molar-refractivity contribution >= 4 is 11.8 Å². The van der Waals surface area contributed by atoms with E-state index in [0.717, 1.165) is 4.90 Å². The van der Waals surface area contributed by atoms with Gasteiger partial charge in [0.15, 0.2) is 0 Å². The number of nitriles is 1. The molecule has 0 atom stereocenters. The molecule has 0 bridgehead atoms. The molecule has 2 nitrogen and oxygen atoms in total. The van der Waals surface area contributed by atoms with E-state index >= 15 is 0 Å². The molecule has 0 heterocycles. The second-order valence-corrected chi connectivity index (χ2v) is 3.21. The van der Waals surface area contributed by atoms with Crippen molar-refractivity contribution < 1.29 is 5.11 Å². The summed E-state index contributed by atoms with van der Waals surface area (Å²) >= 11 is 1.60. The maximum Gasteiger partial charge on any atom is 0.119 e. The number of rotatable bonds is 2. The van der Waals surface area contributed by atoms with Crippen LogP contribution in [0.2, 0.25) is 0 Å². The van der Waals surface area contributed by atoms with E-state index < -0.39 is 0 Å². The fourth-order valence-electron chi connectivity index (χ4n) is 0.916. The number of benzene rings is 1. The van der Waals surface area contributed by atoms with E-state index in [1.165, 1.54) is 0 Å². The van der Waals surface area contributed by atoms with Crippen LogP contribution in [0, 0.1) is 11.3 Å². The molecule has 0 aliphatic heterocycles. The van der Waals surface area contributed by atoms with Crippen LogP contribution >= 0.6 is 11.8 Å². The first-order valence-corrected chi connectivity index (χ1v) is 4.73. The van der Waals surface area contributed by atoms with Gasteiger partial charge in [-0.3, -0.25) is 0 Å². The molecule has 0 saturated heterocycles. The number of nitrogens with zero attached hydrogens (tertiary/aromatic N) is 1. The third-order valence-electron chi connectivity index (χ3n) is 1.56. The van der Waals surface area contributed by atoms with Gasteiger partial charge in [-0.25, -0.2) is 0 Å². The van der Waals surface area contributed by atoms with Gasteiger partial charge in [-0.15, -0.1) is 11.8 Å². The largest absolute Gasteiger partial charge is 0.508 e. The van der Waals surface area contributed by atoms with Gasteiger partial charge in [-0.05, 0) is 24.5 Å². The molecule has 0 fully saturated rings. The van der Waals surface area contributed by atoms with Crippen molar-refractivity contribution in [2.24, 2.45) is 0 Å². The predicted molar refractivity (Wildman–Crippen MR) is 49.2 cm³/mol. The number of hydrogen-bond acceptors (Lipinski definition) is 3. The molecule has 1 N–H and O–H groups in total. The van der Waals surface area contributed by atoms with Crippen molar-refractivity contribution in [3.63, 3.8) is 0 Å². The van der Waals surface area contributed by atoms with Crippen molar-refractivity contribution in [2.75, 3.05) is 6.26 Å². The Hall–Kier alpha value is -1.14. The quantitative estimate of drug-likeness (QED) is 0.708. The summed E-state index contributed by atoms with van der Waals surface area (Å²) in [5.41, 5.74) is 0.698. The summed E-state index contributed by atoms with van der Waals surface area (Å²) in [6.07, 6.45) is 2.22. The topological polar surface area (TPSA) is 44.0 Å². The van der Waals surface area contributed by atoms with Crippen LogP contribution in [0.3, 0.4) is 0 Å². The number of thioether (sulfide) groups is 1. The van der Waals surface area contributed by atoms with Crippen LogP contribution in [0.4, 0.5) is 0 Å². The van der Waals surface area contributed by atoms with Gasteiger partial charge in [0.2, 0.25) is 0 Å². The Balaban J connectivity index is 3.01. The lowest BCUT2D eigenvalue weighted by molar-refractivity contribution is 0.469. The highest BCUT2D eigenvalue weighted by Crippen LogP contribution is 2.23. The average Bonchev–Trinajstić information content (AvgIpc) is 2.09. The summed E-state index contributed by atoms with van der Waals surface area (Å²) in [7, 11) is 0. The highest BCUT2D eigenvalue weighted by molar-refractivity contribution is 7.98. The summed E-state index contributed by atoms with van der Waals surface area (Å²) in [4.78, 5) is 1.07. The SMILES string of the molecule is CSc1ccc(O)c(CC#N)c1. The van der Waals surface area contributed by atoms with Gasteiger partial charge in [0, 0.05) is 10.5 Å². The molecular weight excluding hydrogens is 170 g/mol. The van der Waals surface area contributed by atoms with Gasteiger partial charge in [0.05, 0.1) is 12.5 Å². The van der Waals surface area contributed by atoms with Gasteiger partial charge >= 0.3 is 0 Å². The number of aromatic hydroxyl groups is 1. The van der Waals surface area contributed by atoms with Crippen molar-refractivity contribution in [1.29, 1.82) is 5.26 Å².